The Labute approximate surface area is 61.9 Å². The SMILES string of the molecule is O=C(O)C=C[SH]1C=CC=C1. The molecule has 0 fully saturated rings. The van der Waals surface area contributed by atoms with Crippen LogP contribution in [0.4, 0.5) is 0 Å². The van der Waals surface area contributed by atoms with Crippen LogP contribution in [0.1, 0.15) is 0 Å². The molecule has 1 aliphatic heterocycles. The van der Waals surface area contributed by atoms with Crippen LogP contribution in [0.5, 0.6) is 0 Å². The molecule has 0 saturated heterocycles. The van der Waals surface area contributed by atoms with Crippen LogP contribution in [-0.2, 0) is 4.79 Å². The zero-order valence-corrected chi connectivity index (χ0v) is 6.16. The number of hydrogen-bond donors (Lipinski definition) is 2. The summed E-state index contributed by atoms with van der Waals surface area (Å²) in [5.74, 6) is -0.879. The second-order valence-corrected chi connectivity index (χ2v) is 3.57. The molecule has 54 valence electrons. The first-order valence-electron chi connectivity index (χ1n) is 2.82. The third-order valence-corrected chi connectivity index (χ3v) is 2.54. The summed E-state index contributed by atoms with van der Waals surface area (Å²) in [5.41, 5.74) is 0. The molecular formula is C7H8O2S. The van der Waals surface area contributed by atoms with E-state index >= 15 is 0 Å². The van der Waals surface area contributed by atoms with Gasteiger partial charge in [0, 0.05) is 6.08 Å². The summed E-state index contributed by atoms with van der Waals surface area (Å²) >= 11 is 0. The Balaban J connectivity index is 2.46. The molecule has 0 aromatic heterocycles. The van der Waals surface area contributed by atoms with Gasteiger partial charge in [-0.05, 0) is 16.2 Å². The first-order valence-corrected chi connectivity index (χ1v) is 4.37. The first kappa shape index (κ1) is 7.15. The average molecular weight is 156 g/mol. The topological polar surface area (TPSA) is 37.3 Å². The first-order chi connectivity index (χ1) is 4.79. The Kier molecular flexibility index (Phi) is 2.34. The van der Waals surface area contributed by atoms with Crippen molar-refractivity contribution in [3.05, 3.63) is 34.5 Å². The molecule has 0 radical (unpaired) electrons. The molecule has 1 N–H and O–H groups in total. The van der Waals surface area contributed by atoms with Crippen LogP contribution >= 0.6 is 10.9 Å². The molecule has 0 unspecified atom stereocenters. The number of thiol groups is 1. The fraction of sp³-hybridized carbons (Fsp3) is 0. The van der Waals surface area contributed by atoms with Gasteiger partial charge in [-0.2, -0.15) is 10.9 Å². The fourth-order valence-corrected chi connectivity index (χ4v) is 1.79. The van der Waals surface area contributed by atoms with Crippen LogP contribution in [0.3, 0.4) is 0 Å². The maximum absolute atomic E-state index is 10.0. The number of carbonyl (C=O) groups is 1. The summed E-state index contributed by atoms with van der Waals surface area (Å²) in [6, 6.07) is 0. The van der Waals surface area contributed by atoms with Crippen molar-refractivity contribution in [1.29, 1.82) is 0 Å². The van der Waals surface area contributed by atoms with Gasteiger partial charge in [-0.3, -0.25) is 0 Å². The average Bonchev–Trinajstić information content (AvgIpc) is 2.34. The zero-order chi connectivity index (χ0) is 7.40. The molecule has 0 amide bonds. The highest BCUT2D eigenvalue weighted by Crippen LogP contribution is 2.33. The van der Waals surface area contributed by atoms with Crippen LogP contribution in [0.2, 0.25) is 0 Å². The summed E-state index contributed by atoms with van der Waals surface area (Å²) in [7, 11) is -0.400. The predicted molar refractivity (Wildman–Crippen MR) is 44.0 cm³/mol. The predicted octanol–water partition coefficient (Wildman–Crippen LogP) is 1.63. The minimum Gasteiger partial charge on any atom is -0.478 e. The summed E-state index contributed by atoms with van der Waals surface area (Å²) < 4.78 is 0. The van der Waals surface area contributed by atoms with E-state index in [1.807, 2.05) is 23.0 Å². The summed E-state index contributed by atoms with van der Waals surface area (Å²) in [6.07, 6.45) is 5.04. The minimum absolute atomic E-state index is 0.400. The van der Waals surface area contributed by atoms with E-state index in [0.717, 1.165) is 0 Å². The van der Waals surface area contributed by atoms with Gasteiger partial charge < -0.3 is 5.11 Å². The molecule has 0 aliphatic carbocycles. The lowest BCUT2D eigenvalue weighted by molar-refractivity contribution is -0.131. The number of carboxylic acids is 1. The maximum Gasteiger partial charge on any atom is 0.328 e. The monoisotopic (exact) mass is 156 g/mol. The van der Waals surface area contributed by atoms with E-state index in [4.69, 9.17) is 5.11 Å². The van der Waals surface area contributed by atoms with Gasteiger partial charge in [0.25, 0.3) is 0 Å². The van der Waals surface area contributed by atoms with Gasteiger partial charge in [0.15, 0.2) is 0 Å². The minimum atomic E-state index is -0.879. The highest BCUT2D eigenvalue weighted by Gasteiger charge is 1.93. The van der Waals surface area contributed by atoms with E-state index in [0.29, 0.717) is 0 Å². The molecule has 0 aromatic rings. The standard InChI is InChI=1S/C7H8O2S/c8-7(9)3-6-10-4-1-2-5-10/h1-6,10H,(H,8,9). The van der Waals surface area contributed by atoms with Gasteiger partial charge in [-0.15, -0.1) is 0 Å². The summed E-state index contributed by atoms with van der Waals surface area (Å²) in [5, 5.41) is 13.9. The zero-order valence-electron chi connectivity index (χ0n) is 5.27. The third-order valence-electron chi connectivity index (χ3n) is 1.02. The molecule has 2 nitrogen and oxygen atoms in total. The lowest BCUT2D eigenvalue weighted by atomic mass is 10.6. The number of rotatable bonds is 2. The van der Waals surface area contributed by atoms with Gasteiger partial charge in [0.05, 0.1) is 0 Å². The summed E-state index contributed by atoms with van der Waals surface area (Å²) in [6.45, 7) is 0. The Hall–Kier alpha value is -0.960. The molecule has 3 heteroatoms. The van der Waals surface area contributed by atoms with Gasteiger partial charge in [0.1, 0.15) is 0 Å². The maximum atomic E-state index is 10.0. The van der Waals surface area contributed by atoms with Crippen LogP contribution in [0, 0.1) is 0 Å². The van der Waals surface area contributed by atoms with Crippen molar-refractivity contribution < 1.29 is 9.90 Å². The van der Waals surface area contributed by atoms with Crippen molar-refractivity contribution in [3.8, 4) is 0 Å². The Bertz CT molecular complexity index is 204. The Morgan fingerprint density at radius 2 is 2.00 bits per heavy atom. The van der Waals surface area contributed by atoms with Gasteiger partial charge in [0.2, 0.25) is 0 Å². The van der Waals surface area contributed by atoms with Crippen molar-refractivity contribution in [2.45, 2.75) is 0 Å². The fourth-order valence-electron chi connectivity index (χ4n) is 0.597. The molecule has 0 atom stereocenters. The number of allylic oxidation sites excluding steroid dienone is 2. The second kappa shape index (κ2) is 3.27. The molecule has 0 saturated carbocycles. The summed E-state index contributed by atoms with van der Waals surface area (Å²) in [4.78, 5) is 10.0. The van der Waals surface area contributed by atoms with Crippen molar-refractivity contribution in [3.63, 3.8) is 0 Å². The van der Waals surface area contributed by atoms with Crippen molar-refractivity contribution >= 4 is 16.9 Å². The highest BCUT2D eigenvalue weighted by atomic mass is 32.2. The molecule has 1 heterocycles. The van der Waals surface area contributed by atoms with Crippen molar-refractivity contribution in [2.75, 3.05) is 0 Å². The van der Waals surface area contributed by atoms with E-state index in [1.165, 1.54) is 6.08 Å². The number of aliphatic carboxylic acids is 1. The van der Waals surface area contributed by atoms with Crippen LogP contribution in [0.25, 0.3) is 0 Å². The molecule has 0 spiro atoms. The van der Waals surface area contributed by atoms with Gasteiger partial charge >= 0.3 is 5.97 Å². The van der Waals surface area contributed by atoms with Crippen LogP contribution in [-0.4, -0.2) is 11.1 Å². The smallest absolute Gasteiger partial charge is 0.328 e. The van der Waals surface area contributed by atoms with Crippen LogP contribution in [0.15, 0.2) is 34.5 Å². The Morgan fingerprint density at radius 1 is 1.40 bits per heavy atom. The molecule has 10 heavy (non-hydrogen) atoms. The molecular weight excluding hydrogens is 148 g/mol. The van der Waals surface area contributed by atoms with Crippen LogP contribution < -0.4 is 0 Å². The molecule has 0 bridgehead atoms. The Morgan fingerprint density at radius 3 is 2.50 bits per heavy atom. The largest absolute Gasteiger partial charge is 0.478 e. The van der Waals surface area contributed by atoms with Crippen molar-refractivity contribution in [1.82, 2.24) is 0 Å². The van der Waals surface area contributed by atoms with E-state index in [1.54, 1.807) is 5.41 Å². The number of hydrogen-bond acceptors (Lipinski definition) is 1. The van der Waals surface area contributed by atoms with E-state index in [-0.39, 0.29) is 0 Å². The molecule has 0 aromatic carbocycles. The highest BCUT2D eigenvalue weighted by molar-refractivity contribution is 8.24. The van der Waals surface area contributed by atoms with Gasteiger partial charge in [-0.1, -0.05) is 12.2 Å². The lowest BCUT2D eigenvalue weighted by Crippen LogP contribution is -1.84. The number of carboxylic acid groups (broad SMARTS) is 1. The normalized spacial score (nSPS) is 19.0. The van der Waals surface area contributed by atoms with Crippen molar-refractivity contribution in [2.24, 2.45) is 0 Å². The van der Waals surface area contributed by atoms with E-state index in [2.05, 4.69) is 0 Å². The van der Waals surface area contributed by atoms with E-state index < -0.39 is 16.9 Å². The van der Waals surface area contributed by atoms with Gasteiger partial charge in [-0.25, -0.2) is 4.79 Å². The lowest BCUT2D eigenvalue weighted by Gasteiger charge is -1.97. The molecule has 1 rings (SSSR count). The molecule has 1 aliphatic rings. The van der Waals surface area contributed by atoms with E-state index in [9.17, 15) is 4.79 Å². The quantitative estimate of drug-likeness (QED) is 0.471. The third kappa shape index (κ3) is 2.11. The second-order valence-electron chi connectivity index (χ2n) is 1.78.